The summed E-state index contributed by atoms with van der Waals surface area (Å²) in [6.45, 7) is 4.73. The summed E-state index contributed by atoms with van der Waals surface area (Å²) in [7, 11) is 0. The lowest BCUT2D eigenvalue weighted by molar-refractivity contribution is 0.660. The van der Waals surface area contributed by atoms with E-state index in [0.29, 0.717) is 0 Å². The summed E-state index contributed by atoms with van der Waals surface area (Å²) in [5, 5.41) is 5.10. The topological polar surface area (TPSA) is 3.24 Å². The van der Waals surface area contributed by atoms with Gasteiger partial charge in [-0.1, -0.05) is 147 Å². The highest BCUT2D eigenvalue weighted by molar-refractivity contribution is 7.26. The van der Waals surface area contributed by atoms with Crippen LogP contribution in [0, 0.1) is 0 Å². The van der Waals surface area contributed by atoms with Crippen LogP contribution in [0.15, 0.2) is 176 Å². The van der Waals surface area contributed by atoms with Crippen LogP contribution in [0.2, 0.25) is 0 Å². The molecule has 1 heterocycles. The Morgan fingerprint density at radius 1 is 0.451 bits per heavy atom. The van der Waals surface area contributed by atoms with Crippen molar-refractivity contribution in [2.24, 2.45) is 0 Å². The largest absolute Gasteiger partial charge is 0.310 e. The zero-order valence-electron chi connectivity index (χ0n) is 28.6. The first-order valence-electron chi connectivity index (χ1n) is 17.7. The summed E-state index contributed by atoms with van der Waals surface area (Å²) in [5.74, 6) is 0. The summed E-state index contributed by atoms with van der Waals surface area (Å²) in [6, 6.07) is 64.9. The number of para-hydroxylation sites is 1. The van der Waals surface area contributed by atoms with Gasteiger partial charge in [-0.25, -0.2) is 0 Å². The molecule has 242 valence electrons. The molecular weight excluding hydrogens is 635 g/mol. The molecule has 9 aromatic rings. The van der Waals surface area contributed by atoms with Crippen molar-refractivity contribution in [1.82, 2.24) is 0 Å². The van der Waals surface area contributed by atoms with Crippen LogP contribution >= 0.6 is 11.3 Å². The van der Waals surface area contributed by atoms with Crippen molar-refractivity contribution in [2.75, 3.05) is 4.90 Å². The van der Waals surface area contributed by atoms with Crippen LogP contribution in [0.3, 0.4) is 0 Å². The minimum atomic E-state index is -0.108. The first-order valence-corrected chi connectivity index (χ1v) is 18.5. The first-order chi connectivity index (χ1) is 25.1. The Hall–Kier alpha value is -5.96. The van der Waals surface area contributed by atoms with Crippen molar-refractivity contribution in [3.05, 3.63) is 187 Å². The Morgan fingerprint density at radius 2 is 1.14 bits per heavy atom. The van der Waals surface area contributed by atoms with E-state index < -0.39 is 0 Å². The number of anilines is 3. The lowest BCUT2D eigenvalue weighted by Crippen LogP contribution is -2.17. The highest BCUT2D eigenvalue weighted by Crippen LogP contribution is 2.53. The van der Waals surface area contributed by atoms with E-state index >= 15 is 0 Å². The molecule has 51 heavy (non-hydrogen) atoms. The van der Waals surface area contributed by atoms with Crippen LogP contribution in [0.5, 0.6) is 0 Å². The summed E-state index contributed by atoms with van der Waals surface area (Å²) in [5.41, 5.74) is 13.7. The fourth-order valence-corrected chi connectivity index (χ4v) is 9.61. The number of rotatable bonds is 5. The molecule has 0 spiro atoms. The van der Waals surface area contributed by atoms with Crippen molar-refractivity contribution in [2.45, 2.75) is 19.3 Å². The highest BCUT2D eigenvalue weighted by Gasteiger charge is 2.36. The summed E-state index contributed by atoms with van der Waals surface area (Å²) in [4.78, 5) is 2.48. The molecule has 1 aliphatic rings. The van der Waals surface area contributed by atoms with Gasteiger partial charge in [0.05, 0.1) is 5.69 Å². The zero-order valence-corrected chi connectivity index (χ0v) is 29.4. The Morgan fingerprint density at radius 3 is 2.04 bits per heavy atom. The third-order valence-corrected chi connectivity index (χ3v) is 12.1. The molecule has 0 fully saturated rings. The number of hydrogen-bond donors (Lipinski definition) is 0. The molecule has 2 heteroatoms. The van der Waals surface area contributed by atoms with E-state index in [1.54, 1.807) is 0 Å². The Bertz CT molecular complexity index is 2790. The normalized spacial score (nSPS) is 13.1. The third-order valence-electron chi connectivity index (χ3n) is 10.9. The molecule has 0 saturated carbocycles. The molecule has 0 amide bonds. The molecule has 0 N–H and O–H groups in total. The Kier molecular flexibility index (Phi) is 6.78. The predicted molar refractivity (Wildman–Crippen MR) is 220 cm³/mol. The van der Waals surface area contributed by atoms with Crippen molar-refractivity contribution >= 4 is 59.3 Å². The average Bonchev–Trinajstić information content (AvgIpc) is 3.67. The van der Waals surface area contributed by atoms with Crippen molar-refractivity contribution in [3.63, 3.8) is 0 Å². The van der Waals surface area contributed by atoms with Gasteiger partial charge >= 0.3 is 0 Å². The highest BCUT2D eigenvalue weighted by atomic mass is 32.1. The van der Waals surface area contributed by atoms with Crippen LogP contribution < -0.4 is 4.90 Å². The van der Waals surface area contributed by atoms with Gasteiger partial charge in [0.25, 0.3) is 0 Å². The molecule has 0 radical (unpaired) electrons. The van der Waals surface area contributed by atoms with Gasteiger partial charge in [-0.05, 0) is 86.6 Å². The molecule has 0 aliphatic heterocycles. The number of fused-ring (bicyclic) bond motifs is 7. The number of hydrogen-bond acceptors (Lipinski definition) is 2. The van der Waals surface area contributed by atoms with Gasteiger partial charge in [-0.15, -0.1) is 11.3 Å². The van der Waals surface area contributed by atoms with E-state index in [9.17, 15) is 0 Å². The quantitative estimate of drug-likeness (QED) is 0.176. The second-order valence-corrected chi connectivity index (χ2v) is 15.2. The van der Waals surface area contributed by atoms with Crippen LogP contribution in [0.25, 0.3) is 64.3 Å². The van der Waals surface area contributed by atoms with Crippen LogP contribution in [-0.4, -0.2) is 0 Å². The molecule has 0 saturated heterocycles. The summed E-state index contributed by atoms with van der Waals surface area (Å²) < 4.78 is 2.62. The minimum Gasteiger partial charge on any atom is -0.310 e. The smallest absolute Gasteiger partial charge is 0.0546 e. The maximum absolute atomic E-state index is 2.48. The number of benzene rings is 8. The molecule has 0 bridgehead atoms. The van der Waals surface area contributed by atoms with Gasteiger partial charge < -0.3 is 4.90 Å². The van der Waals surface area contributed by atoms with E-state index in [1.165, 1.54) is 75.5 Å². The molecule has 0 atom stereocenters. The van der Waals surface area contributed by atoms with Crippen LogP contribution in [0.4, 0.5) is 17.1 Å². The minimum absolute atomic E-state index is 0.108. The van der Waals surface area contributed by atoms with Gasteiger partial charge in [-0.3, -0.25) is 0 Å². The lowest BCUT2D eigenvalue weighted by atomic mass is 9.82. The fraction of sp³-hybridized carbons (Fsp3) is 0.0612. The summed E-state index contributed by atoms with van der Waals surface area (Å²) in [6.07, 6.45) is 0. The van der Waals surface area contributed by atoms with E-state index in [2.05, 4.69) is 195 Å². The van der Waals surface area contributed by atoms with Crippen molar-refractivity contribution < 1.29 is 0 Å². The van der Waals surface area contributed by atoms with Crippen molar-refractivity contribution in [1.29, 1.82) is 0 Å². The molecule has 8 aromatic carbocycles. The van der Waals surface area contributed by atoms with E-state index in [-0.39, 0.29) is 5.41 Å². The number of nitrogens with zero attached hydrogens (tertiary/aromatic N) is 1. The second-order valence-electron chi connectivity index (χ2n) is 14.1. The average molecular weight is 670 g/mol. The molecule has 1 aromatic heterocycles. The van der Waals surface area contributed by atoms with E-state index in [0.717, 1.165) is 17.1 Å². The van der Waals surface area contributed by atoms with Crippen LogP contribution in [0.1, 0.15) is 25.0 Å². The van der Waals surface area contributed by atoms with Gasteiger partial charge in [0.2, 0.25) is 0 Å². The van der Waals surface area contributed by atoms with Gasteiger partial charge in [0.15, 0.2) is 0 Å². The van der Waals surface area contributed by atoms with E-state index in [4.69, 9.17) is 0 Å². The SMILES string of the molecule is CC1(C)c2ccccc2-c2ccc(N(c3ccccc3)c3cccc(-c4ccc5ccccc5c4)c3-c3cccc4c3sc3ccccc34)cc21. The van der Waals surface area contributed by atoms with Gasteiger partial charge in [0, 0.05) is 48.1 Å². The lowest BCUT2D eigenvalue weighted by Gasteiger charge is -2.31. The second kappa shape index (κ2) is 11.6. The Balaban J connectivity index is 1.28. The predicted octanol–water partition coefficient (Wildman–Crippen LogP) is 14.3. The molecule has 1 nitrogen and oxygen atoms in total. The molecule has 10 rings (SSSR count). The maximum atomic E-state index is 2.48. The monoisotopic (exact) mass is 669 g/mol. The van der Waals surface area contributed by atoms with Crippen molar-refractivity contribution in [3.8, 4) is 33.4 Å². The standard InChI is InChI=1S/C49H35NS/c1-49(2)43-23-10-8-18-38(43)39-29-28-36(31-44(39)49)50(35-16-4-3-5-17-35)45-24-13-20-37(34-27-26-32-14-6-7-15-33(32)30-34)47(45)42-22-12-21-41-40-19-9-11-25-46(40)51-48(41)42/h3-31H,1-2H3. The number of thiophene rings is 1. The molecular formula is C49H35NS. The first kappa shape index (κ1) is 29.9. The summed E-state index contributed by atoms with van der Waals surface area (Å²) >= 11 is 1.89. The van der Waals surface area contributed by atoms with Crippen LogP contribution in [-0.2, 0) is 5.41 Å². The third kappa shape index (κ3) is 4.67. The Labute approximate surface area is 302 Å². The van der Waals surface area contributed by atoms with Gasteiger partial charge in [-0.2, -0.15) is 0 Å². The van der Waals surface area contributed by atoms with E-state index in [1.807, 2.05) is 11.3 Å². The zero-order chi connectivity index (χ0) is 34.1. The maximum Gasteiger partial charge on any atom is 0.0546 e. The fourth-order valence-electron chi connectivity index (χ4n) is 8.39. The van der Waals surface area contributed by atoms with Gasteiger partial charge in [0.1, 0.15) is 0 Å². The molecule has 1 aliphatic carbocycles. The molecule has 0 unspecified atom stereocenters.